The number of ketones is 1. The van der Waals surface area contributed by atoms with E-state index in [-0.39, 0.29) is 17.2 Å². The third kappa shape index (κ3) is 7.68. The molecule has 0 spiro atoms. The topological polar surface area (TPSA) is 112 Å². The number of aromatic nitrogens is 5. The number of benzene rings is 3. The highest BCUT2D eigenvalue weighted by atomic mass is 32.2. The average molecular weight is 609 g/mol. The molecule has 2 aromatic heterocycles. The Morgan fingerprint density at radius 1 is 0.773 bits per heavy atom. The molecule has 0 saturated carbocycles. The van der Waals surface area contributed by atoms with Gasteiger partial charge in [-0.25, -0.2) is 4.68 Å². The van der Waals surface area contributed by atoms with Crippen LogP contribution in [0.3, 0.4) is 0 Å². The number of fused-ring (bicyclic) bond motifs is 1. The van der Waals surface area contributed by atoms with Crippen LogP contribution in [0.5, 0.6) is 0 Å². The van der Waals surface area contributed by atoms with Crippen LogP contribution >= 0.6 is 11.8 Å². The Hall–Kier alpha value is -4.57. The lowest BCUT2D eigenvalue weighted by Gasteiger charge is -2.08. The number of unbranched alkanes of at least 4 members (excludes halogenated alkanes) is 4. The van der Waals surface area contributed by atoms with Crippen molar-refractivity contribution >= 4 is 39.9 Å². The zero-order valence-corrected chi connectivity index (χ0v) is 25.8. The molecular formula is C34H36N6O3S. The standard InChI is InChI=1S/C34H36N6O3S/c1-39-30(23-29-27-15-10-11-16-28(27)33(43)40(2)38-29)36-37-34(39)44-22-12-5-3-4-9-17-31(41)35-26-20-18-25(19-21-26)32(42)24-13-7-6-8-14-24/h6-8,10-11,13-16,18-21H,3-5,9,12,17,22-23H2,1-2H3,(H,35,41). The van der Waals surface area contributed by atoms with Gasteiger partial charge in [0, 0.05) is 48.5 Å². The smallest absolute Gasteiger partial charge is 0.274 e. The van der Waals surface area contributed by atoms with Gasteiger partial charge in [-0.2, -0.15) is 5.10 Å². The van der Waals surface area contributed by atoms with Gasteiger partial charge in [-0.15, -0.1) is 10.2 Å². The van der Waals surface area contributed by atoms with Crippen LogP contribution in [-0.4, -0.2) is 42.0 Å². The lowest BCUT2D eigenvalue weighted by Crippen LogP contribution is -2.21. The lowest BCUT2D eigenvalue weighted by atomic mass is 10.0. The van der Waals surface area contributed by atoms with Gasteiger partial charge in [-0.3, -0.25) is 14.4 Å². The number of rotatable bonds is 14. The van der Waals surface area contributed by atoms with E-state index in [0.717, 1.165) is 59.9 Å². The van der Waals surface area contributed by atoms with Gasteiger partial charge in [0.1, 0.15) is 5.82 Å². The Labute approximate surface area is 260 Å². The minimum atomic E-state index is -0.109. The molecule has 2 heterocycles. The van der Waals surface area contributed by atoms with Gasteiger partial charge in [0.15, 0.2) is 10.9 Å². The summed E-state index contributed by atoms with van der Waals surface area (Å²) >= 11 is 1.69. The molecule has 0 aliphatic heterocycles. The maximum absolute atomic E-state index is 12.5. The molecule has 1 amide bonds. The Morgan fingerprint density at radius 2 is 1.43 bits per heavy atom. The third-order valence-corrected chi connectivity index (χ3v) is 8.64. The second-order valence-corrected chi connectivity index (χ2v) is 11.8. The summed E-state index contributed by atoms with van der Waals surface area (Å²) in [7, 11) is 3.63. The van der Waals surface area contributed by atoms with Crippen LogP contribution in [0.25, 0.3) is 10.8 Å². The first kappa shape index (κ1) is 30.9. The van der Waals surface area contributed by atoms with Crippen molar-refractivity contribution in [2.24, 2.45) is 14.1 Å². The fourth-order valence-corrected chi connectivity index (χ4v) is 5.98. The number of hydrogen-bond donors (Lipinski definition) is 1. The van der Waals surface area contributed by atoms with Crippen LogP contribution in [0.4, 0.5) is 5.69 Å². The minimum Gasteiger partial charge on any atom is -0.326 e. The van der Waals surface area contributed by atoms with Crippen molar-refractivity contribution in [3.05, 3.63) is 112 Å². The fourth-order valence-electron chi connectivity index (χ4n) is 5.05. The lowest BCUT2D eigenvalue weighted by molar-refractivity contribution is -0.116. The molecule has 0 fully saturated rings. The summed E-state index contributed by atoms with van der Waals surface area (Å²) in [4.78, 5) is 37.4. The van der Waals surface area contributed by atoms with E-state index in [1.54, 1.807) is 55.2 Å². The monoisotopic (exact) mass is 608 g/mol. The number of anilines is 1. The van der Waals surface area contributed by atoms with Crippen LogP contribution in [0.2, 0.25) is 0 Å². The largest absolute Gasteiger partial charge is 0.326 e. The zero-order valence-electron chi connectivity index (χ0n) is 25.0. The quantitative estimate of drug-likeness (QED) is 0.0941. The van der Waals surface area contributed by atoms with E-state index < -0.39 is 0 Å². The number of hydrogen-bond acceptors (Lipinski definition) is 7. The summed E-state index contributed by atoms with van der Waals surface area (Å²) in [6.07, 6.45) is 6.01. The van der Waals surface area contributed by atoms with Crippen LogP contribution in [-0.2, 0) is 25.3 Å². The summed E-state index contributed by atoms with van der Waals surface area (Å²) < 4.78 is 3.38. The third-order valence-electron chi connectivity index (χ3n) is 7.53. The van der Waals surface area contributed by atoms with Crippen molar-refractivity contribution in [1.29, 1.82) is 0 Å². The number of nitrogens with zero attached hydrogens (tertiary/aromatic N) is 5. The van der Waals surface area contributed by atoms with Crippen LogP contribution in [0.1, 0.15) is 66.0 Å². The second kappa shape index (κ2) is 14.7. The summed E-state index contributed by atoms with van der Waals surface area (Å²) in [6, 6.07) is 23.7. The highest BCUT2D eigenvalue weighted by Crippen LogP contribution is 2.21. The van der Waals surface area contributed by atoms with Gasteiger partial charge in [-0.05, 0) is 43.2 Å². The molecule has 0 radical (unpaired) electrons. The summed E-state index contributed by atoms with van der Waals surface area (Å²) in [5.74, 6) is 1.70. The Balaban J connectivity index is 0.984. The minimum absolute atomic E-state index is 0.0123. The molecule has 0 aliphatic carbocycles. The number of amides is 1. The van der Waals surface area contributed by atoms with Crippen molar-refractivity contribution < 1.29 is 9.59 Å². The number of carbonyl (C=O) groups excluding carboxylic acids is 2. The van der Waals surface area contributed by atoms with E-state index in [1.165, 1.54) is 4.68 Å². The number of carbonyl (C=O) groups is 2. The highest BCUT2D eigenvalue weighted by molar-refractivity contribution is 7.99. The molecule has 0 aliphatic rings. The van der Waals surface area contributed by atoms with E-state index in [2.05, 4.69) is 20.6 Å². The van der Waals surface area contributed by atoms with Crippen LogP contribution in [0, 0.1) is 0 Å². The molecule has 0 atom stereocenters. The molecule has 9 nitrogen and oxygen atoms in total. The van der Waals surface area contributed by atoms with Crippen molar-refractivity contribution in [2.45, 2.75) is 50.1 Å². The van der Waals surface area contributed by atoms with E-state index in [0.29, 0.717) is 35.0 Å². The van der Waals surface area contributed by atoms with Crippen LogP contribution < -0.4 is 10.9 Å². The molecule has 0 saturated heterocycles. The summed E-state index contributed by atoms with van der Waals surface area (Å²) in [5.41, 5.74) is 2.63. The van der Waals surface area contributed by atoms with Gasteiger partial charge < -0.3 is 9.88 Å². The van der Waals surface area contributed by atoms with Crippen molar-refractivity contribution in [1.82, 2.24) is 24.5 Å². The van der Waals surface area contributed by atoms with Gasteiger partial charge in [0.25, 0.3) is 5.56 Å². The summed E-state index contributed by atoms with van der Waals surface area (Å²) in [5, 5.41) is 18.5. The predicted octanol–water partition coefficient (Wildman–Crippen LogP) is 5.96. The highest BCUT2D eigenvalue weighted by Gasteiger charge is 2.15. The van der Waals surface area contributed by atoms with Gasteiger partial charge in [0.05, 0.1) is 17.5 Å². The van der Waals surface area contributed by atoms with Crippen molar-refractivity contribution in [3.63, 3.8) is 0 Å². The maximum atomic E-state index is 12.5. The number of thioether (sulfide) groups is 1. The van der Waals surface area contributed by atoms with Gasteiger partial charge in [0.2, 0.25) is 5.91 Å². The molecule has 0 unspecified atom stereocenters. The molecule has 226 valence electrons. The molecule has 0 bridgehead atoms. The van der Waals surface area contributed by atoms with E-state index >= 15 is 0 Å². The predicted molar refractivity (Wildman–Crippen MR) is 174 cm³/mol. The number of nitrogens with one attached hydrogen (secondary N) is 1. The average Bonchev–Trinajstić information content (AvgIpc) is 3.39. The molecular weight excluding hydrogens is 572 g/mol. The van der Waals surface area contributed by atoms with Crippen LogP contribution in [0.15, 0.2) is 88.8 Å². The molecule has 5 rings (SSSR count). The van der Waals surface area contributed by atoms with E-state index in [1.807, 2.05) is 54.1 Å². The Kier molecular flexibility index (Phi) is 10.3. The Morgan fingerprint density at radius 3 is 2.20 bits per heavy atom. The van der Waals surface area contributed by atoms with E-state index in [4.69, 9.17) is 0 Å². The second-order valence-electron chi connectivity index (χ2n) is 10.7. The zero-order chi connectivity index (χ0) is 30.9. The fraction of sp³-hybridized carbons (Fsp3) is 0.294. The first-order chi connectivity index (χ1) is 21.4. The maximum Gasteiger partial charge on any atom is 0.274 e. The Bertz CT molecular complexity index is 1800. The molecule has 44 heavy (non-hydrogen) atoms. The molecule has 3 aromatic carbocycles. The normalized spacial score (nSPS) is 11.1. The SMILES string of the molecule is Cn1c(Cc2nn(C)c(=O)c3ccccc23)nnc1SCCCCCCCC(=O)Nc1ccc(C(=O)c2ccccc2)cc1. The van der Waals surface area contributed by atoms with Crippen molar-refractivity contribution in [3.8, 4) is 0 Å². The molecule has 1 N–H and O–H groups in total. The molecule has 10 heteroatoms. The first-order valence-electron chi connectivity index (χ1n) is 14.9. The van der Waals surface area contributed by atoms with E-state index in [9.17, 15) is 14.4 Å². The molecule has 5 aromatic rings. The van der Waals surface area contributed by atoms with Gasteiger partial charge >= 0.3 is 0 Å². The first-order valence-corrected chi connectivity index (χ1v) is 15.8. The summed E-state index contributed by atoms with van der Waals surface area (Å²) in [6.45, 7) is 0. The van der Waals surface area contributed by atoms with Gasteiger partial charge in [-0.1, -0.05) is 79.6 Å². The van der Waals surface area contributed by atoms with Crippen molar-refractivity contribution in [2.75, 3.05) is 11.1 Å². The number of aryl methyl sites for hydroxylation is 1.